The van der Waals surface area contributed by atoms with Gasteiger partial charge in [0.05, 0.1) is 0 Å². The average molecular weight is 197 g/mol. The van der Waals surface area contributed by atoms with Gasteiger partial charge < -0.3 is 10.0 Å². The lowest BCUT2D eigenvalue weighted by atomic mass is 9.70. The molecule has 1 amide bonds. The summed E-state index contributed by atoms with van der Waals surface area (Å²) in [5.74, 6) is 0.420. The fourth-order valence-electron chi connectivity index (χ4n) is 2.53. The molecule has 1 aliphatic carbocycles. The molecule has 0 bridgehead atoms. The van der Waals surface area contributed by atoms with Crippen LogP contribution in [0, 0.1) is 11.3 Å². The van der Waals surface area contributed by atoms with Crippen LogP contribution in [0.3, 0.4) is 0 Å². The number of hydrogen-bond donors (Lipinski definition) is 1. The average Bonchev–Trinajstić information content (AvgIpc) is 2.45. The minimum absolute atomic E-state index is 0.152. The van der Waals surface area contributed by atoms with E-state index in [4.69, 9.17) is 5.11 Å². The van der Waals surface area contributed by atoms with Crippen molar-refractivity contribution in [3.05, 3.63) is 0 Å². The number of aliphatic hydroxyl groups excluding tert-OH is 1. The third-order valence-electron chi connectivity index (χ3n) is 3.69. The van der Waals surface area contributed by atoms with Gasteiger partial charge in [-0.1, -0.05) is 13.3 Å². The number of nitrogens with zero attached hydrogens (tertiary/aromatic N) is 1. The Morgan fingerprint density at radius 1 is 1.57 bits per heavy atom. The van der Waals surface area contributed by atoms with Crippen LogP contribution >= 0.6 is 0 Å². The predicted molar refractivity (Wildman–Crippen MR) is 53.7 cm³/mol. The highest BCUT2D eigenvalue weighted by Gasteiger charge is 2.38. The molecule has 0 aromatic rings. The normalized spacial score (nSPS) is 30.6. The summed E-state index contributed by atoms with van der Waals surface area (Å²) < 4.78 is 0. The molecule has 1 saturated carbocycles. The number of aliphatic hydroxyl groups is 1. The van der Waals surface area contributed by atoms with Gasteiger partial charge in [-0.15, -0.1) is 0 Å². The van der Waals surface area contributed by atoms with E-state index in [1.165, 1.54) is 19.3 Å². The van der Waals surface area contributed by atoms with Crippen LogP contribution in [0.5, 0.6) is 0 Å². The molecule has 1 heterocycles. The molecule has 2 aliphatic rings. The van der Waals surface area contributed by atoms with Gasteiger partial charge in [0.1, 0.15) is 0 Å². The first-order valence-electron chi connectivity index (χ1n) is 5.52. The minimum Gasteiger partial charge on any atom is -0.396 e. The summed E-state index contributed by atoms with van der Waals surface area (Å²) in [6, 6.07) is 0. The quantitative estimate of drug-likeness (QED) is 0.733. The lowest BCUT2D eigenvalue weighted by Crippen LogP contribution is -2.41. The molecule has 3 heteroatoms. The third kappa shape index (κ3) is 1.78. The van der Waals surface area contributed by atoms with Crippen LogP contribution in [0.4, 0.5) is 0 Å². The van der Waals surface area contributed by atoms with E-state index >= 15 is 0 Å². The minimum atomic E-state index is 0.152. The molecular weight excluding hydrogens is 178 g/mol. The number of carbonyl (C=O) groups excluding carboxylic acids is 1. The van der Waals surface area contributed by atoms with E-state index < -0.39 is 0 Å². The molecule has 80 valence electrons. The SMILES string of the molecule is CC1(CN2CC(CO)CC2=O)CCC1. The van der Waals surface area contributed by atoms with Gasteiger partial charge in [-0.2, -0.15) is 0 Å². The summed E-state index contributed by atoms with van der Waals surface area (Å²) in [7, 11) is 0. The van der Waals surface area contributed by atoms with E-state index in [2.05, 4.69) is 6.92 Å². The van der Waals surface area contributed by atoms with Crippen LogP contribution in [-0.2, 0) is 4.79 Å². The van der Waals surface area contributed by atoms with E-state index in [1.807, 2.05) is 4.90 Å². The Labute approximate surface area is 85.1 Å². The first-order valence-corrected chi connectivity index (χ1v) is 5.52. The second-order valence-corrected chi connectivity index (χ2v) is 5.19. The standard InChI is InChI=1S/C11H19NO2/c1-11(3-2-4-11)8-12-6-9(7-13)5-10(12)14/h9,13H,2-8H2,1H3. The Bertz CT molecular complexity index is 235. The number of amides is 1. The van der Waals surface area contributed by atoms with Crippen molar-refractivity contribution >= 4 is 5.91 Å². The molecule has 1 N–H and O–H groups in total. The van der Waals surface area contributed by atoms with Crippen LogP contribution in [0.1, 0.15) is 32.6 Å². The van der Waals surface area contributed by atoms with E-state index in [9.17, 15) is 4.79 Å². The molecular formula is C11H19NO2. The van der Waals surface area contributed by atoms with Gasteiger partial charge in [-0.25, -0.2) is 0 Å². The molecule has 0 spiro atoms. The fourth-order valence-corrected chi connectivity index (χ4v) is 2.53. The third-order valence-corrected chi connectivity index (χ3v) is 3.69. The molecule has 1 atom stereocenters. The highest BCUT2D eigenvalue weighted by Crippen LogP contribution is 2.41. The molecule has 14 heavy (non-hydrogen) atoms. The maximum absolute atomic E-state index is 11.6. The second-order valence-electron chi connectivity index (χ2n) is 5.19. The maximum atomic E-state index is 11.6. The molecule has 3 nitrogen and oxygen atoms in total. The first kappa shape index (κ1) is 9.97. The topological polar surface area (TPSA) is 40.5 Å². The van der Waals surface area contributed by atoms with Crippen LogP contribution in [0.15, 0.2) is 0 Å². The van der Waals surface area contributed by atoms with Crippen LogP contribution in [0.2, 0.25) is 0 Å². The summed E-state index contributed by atoms with van der Waals surface area (Å²) in [5.41, 5.74) is 0.375. The van der Waals surface area contributed by atoms with E-state index in [1.54, 1.807) is 0 Å². The van der Waals surface area contributed by atoms with E-state index in [0.717, 1.165) is 13.1 Å². The van der Waals surface area contributed by atoms with Gasteiger partial charge in [0.2, 0.25) is 5.91 Å². The Balaban J connectivity index is 1.89. The van der Waals surface area contributed by atoms with Crippen molar-refractivity contribution in [3.8, 4) is 0 Å². The zero-order valence-electron chi connectivity index (χ0n) is 8.83. The Kier molecular flexibility index (Phi) is 2.52. The van der Waals surface area contributed by atoms with Crippen molar-refractivity contribution in [1.82, 2.24) is 4.90 Å². The maximum Gasteiger partial charge on any atom is 0.223 e. The predicted octanol–water partition coefficient (Wildman–Crippen LogP) is 1.02. The van der Waals surface area contributed by atoms with Crippen molar-refractivity contribution in [1.29, 1.82) is 0 Å². The highest BCUT2D eigenvalue weighted by atomic mass is 16.3. The van der Waals surface area contributed by atoms with E-state index in [0.29, 0.717) is 11.8 Å². The number of hydrogen-bond acceptors (Lipinski definition) is 2. The summed E-state index contributed by atoms with van der Waals surface area (Å²) in [6.07, 6.45) is 4.36. The van der Waals surface area contributed by atoms with Crippen molar-refractivity contribution in [2.24, 2.45) is 11.3 Å². The number of likely N-dealkylation sites (tertiary alicyclic amines) is 1. The number of carbonyl (C=O) groups is 1. The summed E-state index contributed by atoms with van der Waals surface area (Å²) in [6.45, 7) is 4.09. The monoisotopic (exact) mass is 197 g/mol. The Hall–Kier alpha value is -0.570. The summed E-state index contributed by atoms with van der Waals surface area (Å²) in [4.78, 5) is 13.5. The zero-order valence-corrected chi connectivity index (χ0v) is 8.83. The molecule has 1 aliphatic heterocycles. The molecule has 2 fully saturated rings. The zero-order chi connectivity index (χ0) is 10.2. The van der Waals surface area contributed by atoms with Crippen LogP contribution < -0.4 is 0 Å². The fraction of sp³-hybridized carbons (Fsp3) is 0.909. The molecule has 2 rings (SSSR count). The van der Waals surface area contributed by atoms with Crippen molar-refractivity contribution in [2.45, 2.75) is 32.6 Å². The Morgan fingerprint density at radius 3 is 2.71 bits per heavy atom. The summed E-state index contributed by atoms with van der Waals surface area (Å²) in [5, 5.41) is 8.99. The molecule has 0 aromatic heterocycles. The van der Waals surface area contributed by atoms with Gasteiger partial charge >= 0.3 is 0 Å². The first-order chi connectivity index (χ1) is 6.63. The lowest BCUT2D eigenvalue weighted by Gasteiger charge is -2.41. The molecule has 0 aromatic carbocycles. The number of rotatable bonds is 3. The van der Waals surface area contributed by atoms with E-state index in [-0.39, 0.29) is 18.4 Å². The van der Waals surface area contributed by atoms with Crippen molar-refractivity contribution in [3.63, 3.8) is 0 Å². The second kappa shape index (κ2) is 3.54. The highest BCUT2D eigenvalue weighted by molar-refractivity contribution is 5.78. The summed E-state index contributed by atoms with van der Waals surface area (Å²) >= 11 is 0. The smallest absolute Gasteiger partial charge is 0.223 e. The van der Waals surface area contributed by atoms with Crippen molar-refractivity contribution < 1.29 is 9.90 Å². The van der Waals surface area contributed by atoms with Gasteiger partial charge in [-0.05, 0) is 18.3 Å². The van der Waals surface area contributed by atoms with Gasteiger partial charge in [0, 0.05) is 32.0 Å². The molecule has 1 unspecified atom stereocenters. The lowest BCUT2D eigenvalue weighted by molar-refractivity contribution is -0.129. The largest absolute Gasteiger partial charge is 0.396 e. The Morgan fingerprint density at radius 2 is 2.29 bits per heavy atom. The van der Waals surface area contributed by atoms with Crippen LogP contribution in [-0.4, -0.2) is 35.6 Å². The van der Waals surface area contributed by atoms with Gasteiger partial charge in [0.25, 0.3) is 0 Å². The van der Waals surface area contributed by atoms with Crippen molar-refractivity contribution in [2.75, 3.05) is 19.7 Å². The van der Waals surface area contributed by atoms with Gasteiger partial charge in [-0.3, -0.25) is 4.79 Å². The molecule has 1 saturated heterocycles. The van der Waals surface area contributed by atoms with Gasteiger partial charge in [0.15, 0.2) is 0 Å². The van der Waals surface area contributed by atoms with Crippen LogP contribution in [0.25, 0.3) is 0 Å². The molecule has 0 radical (unpaired) electrons.